The number of esters is 1. The van der Waals surface area contributed by atoms with Gasteiger partial charge >= 0.3 is 5.97 Å². The van der Waals surface area contributed by atoms with E-state index in [1.54, 1.807) is 6.07 Å². The zero-order chi connectivity index (χ0) is 12.9. The Morgan fingerprint density at radius 1 is 1.39 bits per heavy atom. The van der Waals surface area contributed by atoms with Gasteiger partial charge in [-0.25, -0.2) is 0 Å². The monoisotopic (exact) mass is 247 g/mol. The molecule has 1 aromatic heterocycles. The lowest BCUT2D eigenvalue weighted by atomic mass is 9.90. The first-order chi connectivity index (χ1) is 8.63. The van der Waals surface area contributed by atoms with E-state index in [2.05, 4.69) is 0 Å². The molecule has 3 rings (SSSR count). The molecule has 94 valence electrons. The number of aromatic nitrogens is 1. The Bertz CT molecular complexity index is 614. The Labute approximate surface area is 103 Å². The topological polar surface area (TPSA) is 65.4 Å². The van der Waals surface area contributed by atoms with Crippen LogP contribution in [0.15, 0.2) is 10.9 Å². The third-order valence-corrected chi connectivity index (χ3v) is 3.71. The molecule has 0 aliphatic carbocycles. The molecule has 0 unspecified atom stereocenters. The molecule has 0 fully saturated rings. The van der Waals surface area contributed by atoms with Gasteiger partial charge in [-0.15, -0.1) is 0 Å². The van der Waals surface area contributed by atoms with Crippen LogP contribution in [0.5, 0.6) is 0 Å². The Morgan fingerprint density at radius 3 is 2.89 bits per heavy atom. The zero-order valence-corrected chi connectivity index (χ0v) is 10.1. The molecule has 0 N–H and O–H groups in total. The van der Waals surface area contributed by atoms with E-state index in [1.807, 2.05) is 6.92 Å². The van der Waals surface area contributed by atoms with Gasteiger partial charge in [0.05, 0.1) is 17.2 Å². The van der Waals surface area contributed by atoms with Crippen LogP contribution >= 0.6 is 0 Å². The highest BCUT2D eigenvalue weighted by molar-refractivity contribution is 5.96. The van der Waals surface area contributed by atoms with E-state index in [4.69, 9.17) is 4.74 Å². The van der Waals surface area contributed by atoms with Crippen LogP contribution in [0, 0.1) is 0 Å². The molecule has 0 saturated carbocycles. The maximum atomic E-state index is 12.2. The van der Waals surface area contributed by atoms with Crippen molar-refractivity contribution in [2.75, 3.05) is 0 Å². The second kappa shape index (κ2) is 3.80. The summed E-state index contributed by atoms with van der Waals surface area (Å²) < 4.78 is 6.53. The average Bonchev–Trinajstić information content (AvgIpc) is 2.72. The minimum absolute atomic E-state index is 0.0244. The Morgan fingerprint density at radius 2 is 2.17 bits per heavy atom. The highest BCUT2D eigenvalue weighted by Gasteiger charge is 2.33. The summed E-state index contributed by atoms with van der Waals surface area (Å²) in [7, 11) is 0. The third kappa shape index (κ3) is 1.36. The van der Waals surface area contributed by atoms with Crippen LogP contribution in [-0.2, 0) is 22.7 Å². The summed E-state index contributed by atoms with van der Waals surface area (Å²) in [6, 6.07) is 1.71. The van der Waals surface area contributed by atoms with E-state index in [-0.39, 0.29) is 23.9 Å². The molecule has 5 nitrogen and oxygen atoms in total. The van der Waals surface area contributed by atoms with Crippen molar-refractivity contribution in [3.05, 3.63) is 33.2 Å². The predicted octanol–water partition coefficient (Wildman–Crippen LogP) is 0.985. The van der Waals surface area contributed by atoms with Gasteiger partial charge in [0, 0.05) is 13.0 Å². The minimum Gasteiger partial charge on any atom is -0.460 e. The number of rotatable bonds is 1. The molecule has 0 saturated heterocycles. The smallest absolute Gasteiger partial charge is 0.313 e. The minimum atomic E-state index is -0.416. The highest BCUT2D eigenvalue weighted by Crippen LogP contribution is 2.30. The van der Waals surface area contributed by atoms with Crippen LogP contribution in [0.4, 0.5) is 0 Å². The second-order valence-corrected chi connectivity index (χ2v) is 4.66. The van der Waals surface area contributed by atoms with Gasteiger partial charge in [0.2, 0.25) is 0 Å². The molecule has 3 heterocycles. The van der Waals surface area contributed by atoms with Crippen molar-refractivity contribution in [1.82, 2.24) is 4.57 Å². The molecular weight excluding hydrogens is 234 g/mol. The van der Waals surface area contributed by atoms with Gasteiger partial charge in [-0.2, -0.15) is 0 Å². The van der Waals surface area contributed by atoms with Crippen LogP contribution < -0.4 is 5.56 Å². The number of nitrogens with zero attached hydrogens (tertiary/aromatic N) is 1. The summed E-state index contributed by atoms with van der Waals surface area (Å²) in [6.07, 6.45) is 0.937. The number of fused-ring (bicyclic) bond motifs is 2. The summed E-state index contributed by atoms with van der Waals surface area (Å²) >= 11 is 0. The lowest BCUT2D eigenvalue weighted by Gasteiger charge is -2.24. The molecule has 0 spiro atoms. The van der Waals surface area contributed by atoms with Gasteiger partial charge in [0.15, 0.2) is 5.78 Å². The fraction of sp³-hybridized carbons (Fsp3) is 0.462. The van der Waals surface area contributed by atoms with Crippen molar-refractivity contribution in [2.24, 2.45) is 0 Å². The van der Waals surface area contributed by atoms with Crippen LogP contribution in [0.3, 0.4) is 0 Å². The molecule has 0 aromatic carbocycles. The van der Waals surface area contributed by atoms with Crippen LogP contribution in [0.2, 0.25) is 0 Å². The molecule has 0 radical (unpaired) electrons. The van der Waals surface area contributed by atoms with Gasteiger partial charge in [-0.1, -0.05) is 6.92 Å². The van der Waals surface area contributed by atoms with Crippen molar-refractivity contribution in [1.29, 1.82) is 0 Å². The van der Waals surface area contributed by atoms with E-state index in [1.165, 1.54) is 4.57 Å². The zero-order valence-electron chi connectivity index (χ0n) is 10.1. The number of cyclic esters (lactones) is 1. The number of Topliss-reactive ketones (excluding diaryl/α,β-unsaturated/α-hetero) is 1. The van der Waals surface area contributed by atoms with E-state index >= 15 is 0 Å². The van der Waals surface area contributed by atoms with Crippen LogP contribution in [0.25, 0.3) is 0 Å². The van der Waals surface area contributed by atoms with Crippen molar-refractivity contribution >= 4 is 11.8 Å². The number of carbonyl (C=O) groups is 2. The number of ether oxygens (including phenoxy) is 1. The van der Waals surface area contributed by atoms with E-state index in [0.717, 1.165) is 0 Å². The Hall–Kier alpha value is -1.91. The summed E-state index contributed by atoms with van der Waals surface area (Å²) in [5.41, 5.74) is 1.46. The van der Waals surface area contributed by atoms with E-state index in [9.17, 15) is 14.4 Å². The molecule has 2 aliphatic heterocycles. The molecule has 18 heavy (non-hydrogen) atoms. The van der Waals surface area contributed by atoms with E-state index < -0.39 is 5.92 Å². The predicted molar refractivity (Wildman–Crippen MR) is 62.5 cm³/mol. The molecule has 5 heteroatoms. The first-order valence-corrected chi connectivity index (χ1v) is 6.10. The van der Waals surface area contributed by atoms with Crippen LogP contribution in [-0.4, -0.2) is 16.3 Å². The average molecular weight is 247 g/mol. The third-order valence-electron chi connectivity index (χ3n) is 3.71. The SMILES string of the molecule is CC[C@H]1C(=O)OCc2c1cc1n(c2=O)CCC1=O. The molecule has 1 atom stereocenters. The number of pyridine rings is 1. The van der Waals surface area contributed by atoms with Crippen LogP contribution in [0.1, 0.15) is 47.3 Å². The second-order valence-electron chi connectivity index (χ2n) is 4.66. The summed E-state index contributed by atoms with van der Waals surface area (Å²) in [4.78, 5) is 35.6. The standard InChI is InChI=1S/C13H13NO4/c1-2-7-8-5-10-11(15)3-4-14(10)12(16)9(8)6-18-13(7)17/h5,7H,2-4,6H2,1H3/t7-/m1/s1. The molecular formula is C13H13NO4. The van der Waals surface area contributed by atoms with Crippen molar-refractivity contribution in [3.63, 3.8) is 0 Å². The summed E-state index contributed by atoms with van der Waals surface area (Å²) in [6.45, 7) is 2.33. The lowest BCUT2D eigenvalue weighted by molar-refractivity contribution is -0.148. The highest BCUT2D eigenvalue weighted by atomic mass is 16.5. The Balaban J connectivity index is 2.27. The number of hydrogen-bond donors (Lipinski definition) is 0. The molecule has 0 bridgehead atoms. The number of ketones is 1. The van der Waals surface area contributed by atoms with Crippen molar-refractivity contribution < 1.29 is 14.3 Å². The molecule has 0 amide bonds. The molecule has 2 aliphatic rings. The first kappa shape index (κ1) is 11.2. The summed E-state index contributed by atoms with van der Waals surface area (Å²) in [5, 5.41) is 0. The summed E-state index contributed by atoms with van der Waals surface area (Å²) in [5.74, 6) is -0.746. The Kier molecular flexibility index (Phi) is 2.36. The van der Waals surface area contributed by atoms with Gasteiger partial charge < -0.3 is 9.30 Å². The number of hydrogen-bond acceptors (Lipinski definition) is 4. The van der Waals surface area contributed by atoms with Gasteiger partial charge in [-0.05, 0) is 18.1 Å². The maximum absolute atomic E-state index is 12.2. The normalized spacial score (nSPS) is 21.5. The largest absolute Gasteiger partial charge is 0.460 e. The van der Waals surface area contributed by atoms with Crippen molar-refractivity contribution in [3.8, 4) is 0 Å². The van der Waals surface area contributed by atoms with Gasteiger partial charge in [-0.3, -0.25) is 14.4 Å². The fourth-order valence-corrected chi connectivity index (χ4v) is 2.72. The quantitative estimate of drug-likeness (QED) is 0.694. The van der Waals surface area contributed by atoms with Gasteiger partial charge in [0.1, 0.15) is 6.61 Å². The van der Waals surface area contributed by atoms with E-state index in [0.29, 0.717) is 36.2 Å². The molecule has 1 aromatic rings. The lowest BCUT2D eigenvalue weighted by Crippen LogP contribution is -2.32. The number of carbonyl (C=O) groups excluding carboxylic acids is 2. The fourth-order valence-electron chi connectivity index (χ4n) is 2.72. The van der Waals surface area contributed by atoms with Crippen molar-refractivity contribution in [2.45, 2.75) is 38.8 Å². The first-order valence-electron chi connectivity index (χ1n) is 6.10. The maximum Gasteiger partial charge on any atom is 0.313 e. The van der Waals surface area contributed by atoms with Gasteiger partial charge in [0.25, 0.3) is 5.56 Å².